The lowest BCUT2D eigenvalue weighted by molar-refractivity contribution is -0.594. The molecule has 5 aromatic carbocycles. The van der Waals surface area contributed by atoms with Crippen LogP contribution in [0.1, 0.15) is 48.3 Å². The van der Waals surface area contributed by atoms with Crippen molar-refractivity contribution in [2.75, 3.05) is 6.26 Å². The normalized spacial score (nSPS) is 16.3. The van der Waals surface area contributed by atoms with Crippen LogP contribution in [0.15, 0.2) is 110 Å². The van der Waals surface area contributed by atoms with Gasteiger partial charge >= 0.3 is 10.0 Å². The minimum Gasteiger partial charge on any atom is -0.485 e. The van der Waals surface area contributed by atoms with Crippen LogP contribution in [0, 0.1) is 13.8 Å². The predicted molar refractivity (Wildman–Crippen MR) is 186 cm³/mol. The molecule has 8 rings (SSSR count). The van der Waals surface area contributed by atoms with Crippen LogP contribution in [-0.4, -0.2) is 18.6 Å². The van der Waals surface area contributed by atoms with Gasteiger partial charge in [0.2, 0.25) is 0 Å². The number of benzene rings is 5. The van der Waals surface area contributed by atoms with Gasteiger partial charge in [-0.15, -0.1) is 3.97 Å². The molecule has 0 amide bonds. The minimum absolute atomic E-state index is 0.228. The molecule has 2 atom stereocenters. The monoisotopic (exact) mass is 639 g/mol. The second-order valence-corrected chi connectivity index (χ2v) is 14.6. The number of rotatable bonds is 4. The van der Waals surface area contributed by atoms with E-state index in [-0.39, 0.29) is 12.2 Å². The number of nitrogens with zero attached hydrogens (tertiary/aromatic N) is 2. The summed E-state index contributed by atoms with van der Waals surface area (Å²) in [5, 5.41) is 0. The quantitative estimate of drug-likeness (QED) is 0.181. The summed E-state index contributed by atoms with van der Waals surface area (Å²) in [6.07, 6.45) is 5.62. The number of fused-ring (bicyclic) bond motifs is 7. The zero-order valence-electron chi connectivity index (χ0n) is 27.0. The number of hydrogen-bond donors (Lipinski definition) is 0. The van der Waals surface area contributed by atoms with Crippen LogP contribution in [0.4, 0.5) is 0 Å². The van der Waals surface area contributed by atoms with Gasteiger partial charge in [0.25, 0.3) is 6.33 Å². The Morgan fingerprint density at radius 2 is 1.19 bits per heavy atom. The lowest BCUT2D eigenvalue weighted by atomic mass is 9.73. The Morgan fingerprint density at radius 1 is 0.660 bits per heavy atom. The highest BCUT2D eigenvalue weighted by Gasteiger charge is 2.38. The molecule has 0 spiro atoms. The van der Waals surface area contributed by atoms with Crippen LogP contribution < -0.4 is 14.0 Å². The molecule has 0 N–H and O–H groups in total. The first kappa shape index (κ1) is 29.3. The summed E-state index contributed by atoms with van der Waals surface area (Å²) in [4.78, 5) is 0. The van der Waals surface area contributed by atoms with Crippen LogP contribution in [0.2, 0.25) is 0 Å². The Morgan fingerprint density at radius 3 is 1.74 bits per heavy atom. The summed E-state index contributed by atoms with van der Waals surface area (Å²) in [6, 6.07) is 31.9. The van der Waals surface area contributed by atoms with Gasteiger partial charge in [-0.2, -0.15) is 8.42 Å². The maximum atomic E-state index is 12.3. The second kappa shape index (κ2) is 10.7. The zero-order valence-corrected chi connectivity index (χ0v) is 27.8. The molecule has 6 aromatic rings. The van der Waals surface area contributed by atoms with E-state index in [1.165, 1.54) is 21.4 Å². The topological polar surface area (TPSA) is 61.4 Å². The molecule has 0 saturated carbocycles. The summed E-state index contributed by atoms with van der Waals surface area (Å²) in [5.74, 6) is 1.64. The van der Waals surface area contributed by atoms with E-state index in [0.717, 1.165) is 72.8 Å². The molecular formula is C40H35N2O4S+. The first-order valence-electron chi connectivity index (χ1n) is 15.8. The maximum Gasteiger partial charge on any atom is 0.301 e. The number of hydrogen-bond acceptors (Lipinski definition) is 4. The van der Waals surface area contributed by atoms with Crippen molar-refractivity contribution in [1.82, 2.24) is 3.97 Å². The lowest BCUT2D eigenvalue weighted by Gasteiger charge is -2.38. The van der Waals surface area contributed by atoms with Crippen molar-refractivity contribution in [3.63, 3.8) is 0 Å². The summed E-state index contributed by atoms with van der Waals surface area (Å²) in [6.45, 7) is 8.50. The third-order valence-corrected chi connectivity index (χ3v) is 10.3. The van der Waals surface area contributed by atoms with Crippen molar-refractivity contribution in [3.05, 3.63) is 132 Å². The maximum absolute atomic E-state index is 12.3. The number of aryl methyl sites for hydroxylation is 2. The number of para-hydroxylation sites is 1. The zero-order chi connectivity index (χ0) is 32.6. The van der Waals surface area contributed by atoms with Crippen molar-refractivity contribution in [2.45, 2.75) is 39.9 Å². The van der Waals surface area contributed by atoms with Crippen molar-refractivity contribution in [2.24, 2.45) is 0 Å². The summed E-state index contributed by atoms with van der Waals surface area (Å²) in [5.41, 5.74) is 14.3. The molecule has 6 nitrogen and oxygen atoms in total. The molecule has 0 aliphatic carbocycles. The van der Waals surface area contributed by atoms with E-state index in [2.05, 4.69) is 94.4 Å². The average molecular weight is 640 g/mol. The number of aromatic nitrogens is 2. The Balaban J connectivity index is 1.53. The standard InChI is InChI=1S/C40H35N2O4S/c1-24-10-14-28(15-11-24)37-35-26(3)45-33-9-7-6-8-31(33)39(35)40-32-22-30(41-20-21-42(23-41)47(5,43)44)18-19-34(32)46-27(4)36(40)38(37)29-16-12-25(2)13-17-29/h6-23,26-27H,1-5H3/q+1/t26-,27-/m1/s1. The Kier molecular flexibility index (Phi) is 6.67. The molecular weight excluding hydrogens is 605 g/mol. The van der Waals surface area contributed by atoms with E-state index in [1.54, 1.807) is 18.7 Å². The van der Waals surface area contributed by atoms with Gasteiger partial charge in [0.1, 0.15) is 41.8 Å². The minimum atomic E-state index is -3.43. The molecule has 2 aliphatic rings. The predicted octanol–water partition coefficient (Wildman–Crippen LogP) is 8.76. The molecule has 0 bridgehead atoms. The molecule has 3 heterocycles. The van der Waals surface area contributed by atoms with E-state index >= 15 is 0 Å². The molecule has 0 unspecified atom stereocenters. The van der Waals surface area contributed by atoms with Crippen molar-refractivity contribution in [1.29, 1.82) is 0 Å². The Bertz CT molecular complexity index is 2320. The second-order valence-electron chi connectivity index (χ2n) is 12.7. The molecule has 7 heteroatoms. The van der Waals surface area contributed by atoms with Gasteiger partial charge in [0.05, 0.1) is 6.26 Å². The van der Waals surface area contributed by atoms with Crippen molar-refractivity contribution in [3.8, 4) is 61.7 Å². The molecule has 0 fully saturated rings. The Hall–Kier alpha value is -5.14. The highest BCUT2D eigenvalue weighted by atomic mass is 32.2. The summed E-state index contributed by atoms with van der Waals surface area (Å²) >= 11 is 0. The number of imidazole rings is 1. The van der Waals surface area contributed by atoms with E-state index in [1.807, 2.05) is 28.8 Å². The van der Waals surface area contributed by atoms with E-state index in [4.69, 9.17) is 9.47 Å². The van der Waals surface area contributed by atoms with E-state index < -0.39 is 10.0 Å². The Labute approximate surface area is 275 Å². The number of ether oxygens (including phenoxy) is 2. The third kappa shape index (κ3) is 4.76. The fourth-order valence-corrected chi connectivity index (χ4v) is 7.69. The van der Waals surface area contributed by atoms with Crippen LogP contribution in [-0.2, 0) is 10.0 Å². The average Bonchev–Trinajstić information content (AvgIpc) is 3.56. The smallest absolute Gasteiger partial charge is 0.301 e. The summed E-state index contributed by atoms with van der Waals surface area (Å²) in [7, 11) is -3.43. The van der Waals surface area contributed by atoms with Gasteiger partial charge < -0.3 is 9.47 Å². The first-order valence-corrected chi connectivity index (χ1v) is 17.7. The fraction of sp³-hybridized carbons (Fsp3) is 0.175. The van der Waals surface area contributed by atoms with Crippen molar-refractivity contribution >= 4 is 10.0 Å². The van der Waals surface area contributed by atoms with Crippen LogP contribution in [0.25, 0.3) is 50.2 Å². The third-order valence-electron chi connectivity index (χ3n) is 9.36. The van der Waals surface area contributed by atoms with Gasteiger partial charge in [-0.1, -0.05) is 77.9 Å². The molecule has 0 saturated heterocycles. The molecule has 234 valence electrons. The SMILES string of the molecule is Cc1ccc(-c2c(-c3ccc(C)cc3)c3c(c4c2[C@@H](C)Oc2ccccc2-4)-c2cc(-[n+]4ccn(S(C)(=O)=O)c4)ccc2O[C@@H]3C)cc1. The van der Waals surface area contributed by atoms with Crippen molar-refractivity contribution < 1.29 is 22.5 Å². The van der Waals surface area contributed by atoms with Gasteiger partial charge in [-0.05, 0) is 74.2 Å². The molecule has 1 aromatic heterocycles. The fourth-order valence-electron chi connectivity index (χ4n) is 7.14. The highest BCUT2D eigenvalue weighted by molar-refractivity contribution is 7.89. The summed E-state index contributed by atoms with van der Waals surface area (Å²) < 4.78 is 41.1. The molecule has 47 heavy (non-hydrogen) atoms. The van der Waals surface area contributed by atoms with Gasteiger partial charge in [-0.3, -0.25) is 0 Å². The van der Waals surface area contributed by atoms with E-state index in [0.29, 0.717) is 0 Å². The van der Waals surface area contributed by atoms with E-state index in [9.17, 15) is 8.42 Å². The van der Waals surface area contributed by atoms with Crippen LogP contribution in [0.3, 0.4) is 0 Å². The molecule has 2 aliphatic heterocycles. The van der Waals surface area contributed by atoms with Crippen LogP contribution >= 0.6 is 0 Å². The van der Waals surface area contributed by atoms with Gasteiger partial charge in [0.15, 0.2) is 0 Å². The first-order chi connectivity index (χ1) is 22.6. The largest absolute Gasteiger partial charge is 0.485 e. The lowest BCUT2D eigenvalue weighted by Crippen LogP contribution is -2.28. The molecule has 0 radical (unpaired) electrons. The highest BCUT2D eigenvalue weighted by Crippen LogP contribution is 2.59. The van der Waals surface area contributed by atoms with Crippen LogP contribution in [0.5, 0.6) is 11.5 Å². The van der Waals surface area contributed by atoms with Gasteiger partial charge in [-0.25, -0.2) is 4.57 Å². The van der Waals surface area contributed by atoms with Gasteiger partial charge in [0, 0.05) is 33.4 Å².